The Morgan fingerprint density at radius 2 is 1.22 bits per heavy atom. The zero-order valence-corrected chi connectivity index (χ0v) is 8.23. The number of rotatable bonds is 2. The average Bonchev–Trinajstić information content (AvgIpc) is 1.84. The summed E-state index contributed by atoms with van der Waals surface area (Å²) in [6, 6.07) is 0. The molecule has 0 aromatic heterocycles. The van der Waals surface area contributed by atoms with Gasteiger partial charge < -0.3 is 20.7 Å². The van der Waals surface area contributed by atoms with Gasteiger partial charge in [0.15, 0.2) is 0 Å². The van der Waals surface area contributed by atoms with Crippen LogP contribution < -0.4 is 0 Å². The molecule has 0 rings (SSSR count). The Bertz CT molecular complexity index is 122. The van der Waals surface area contributed by atoms with E-state index < -0.39 is 0 Å². The molecule has 0 aliphatic carbocycles. The predicted octanol–water partition coefficient (Wildman–Crippen LogP) is 0.540. The third kappa shape index (κ3) is 4.67. The van der Waals surface area contributed by atoms with Crippen molar-refractivity contribution in [3.05, 3.63) is 11.1 Å². The van der Waals surface area contributed by atoms with Crippen molar-refractivity contribution in [2.24, 2.45) is 0 Å². The van der Waals surface area contributed by atoms with Gasteiger partial charge in [0.25, 0.3) is 0 Å². The molecule has 3 heteroatoms. The summed E-state index contributed by atoms with van der Waals surface area (Å²) in [5.41, 5.74) is 0.639. The Balaban J connectivity index is 0. The molecule has 47 valence electrons. The fourth-order valence-electron chi connectivity index (χ4n) is 0.153. The van der Waals surface area contributed by atoms with Crippen LogP contribution in [0, 0.1) is 0 Å². The van der Waals surface area contributed by atoms with Gasteiger partial charge in [0.2, 0.25) is 0 Å². The van der Waals surface area contributed by atoms with Crippen LogP contribution in [0.2, 0.25) is 0 Å². The van der Waals surface area contributed by atoms with E-state index in [2.05, 4.69) is 0 Å². The molecule has 1 radical (unpaired) electrons. The van der Waals surface area contributed by atoms with Gasteiger partial charge in [0.05, 0.1) is 0 Å². The van der Waals surface area contributed by atoms with Crippen LogP contribution in [0.15, 0.2) is 11.1 Å². The fraction of sp³-hybridized carbons (Fsp3) is 0.333. The summed E-state index contributed by atoms with van der Waals surface area (Å²) in [7, 11) is 0. The van der Waals surface area contributed by atoms with Gasteiger partial charge in [-0.25, -0.2) is 0 Å². The number of allylic oxidation sites excluding steroid dienone is 2. The van der Waals surface area contributed by atoms with E-state index in [4.69, 9.17) is 0 Å². The van der Waals surface area contributed by atoms with E-state index in [1.54, 1.807) is 12.6 Å². The molecule has 0 spiro atoms. The fourth-order valence-corrected chi connectivity index (χ4v) is 0.153. The standard InChI is InChI=1S/C6H6O2.Y/c1-5(3-7)6(2)4-8;/h1-2H3;/q-2;/b6-5-;. The number of hydrogen-bond donors (Lipinski definition) is 0. The Labute approximate surface area is 79.6 Å². The second-order valence-electron chi connectivity index (χ2n) is 1.45. The molecule has 0 aliphatic heterocycles. The minimum atomic E-state index is 0. The summed E-state index contributed by atoms with van der Waals surface area (Å²) >= 11 is 0. The van der Waals surface area contributed by atoms with Gasteiger partial charge in [-0.15, -0.1) is 26.4 Å². The number of carbonyl (C=O) groups excluding carboxylic acids is 2. The summed E-state index contributed by atoms with van der Waals surface area (Å²) in [5.74, 6) is 0. The molecule has 2 nitrogen and oxygen atoms in total. The van der Waals surface area contributed by atoms with E-state index in [1.165, 1.54) is 13.8 Å². The van der Waals surface area contributed by atoms with Crippen LogP contribution in [0.25, 0.3) is 0 Å². The third-order valence-corrected chi connectivity index (χ3v) is 0.869. The summed E-state index contributed by atoms with van der Waals surface area (Å²) < 4.78 is 0. The SMILES string of the molecule is C/C([C-]=O)=C(\C)[C-]=O.[Y]. The van der Waals surface area contributed by atoms with E-state index in [1.807, 2.05) is 0 Å². The van der Waals surface area contributed by atoms with E-state index in [-0.39, 0.29) is 32.7 Å². The molecular weight excluding hydrogens is 193 g/mol. The van der Waals surface area contributed by atoms with E-state index in [0.29, 0.717) is 11.1 Å². The predicted molar refractivity (Wildman–Crippen MR) is 29.8 cm³/mol. The largest absolute Gasteiger partial charge is 0.440 e. The molecule has 0 N–H and O–H groups in total. The summed E-state index contributed by atoms with van der Waals surface area (Å²) in [6.07, 6.45) is 3.17. The first kappa shape index (κ1) is 11.9. The van der Waals surface area contributed by atoms with Gasteiger partial charge in [0, 0.05) is 32.7 Å². The first-order valence-electron chi connectivity index (χ1n) is 2.16. The van der Waals surface area contributed by atoms with Gasteiger partial charge in [-0.3, -0.25) is 0 Å². The molecule has 0 unspecified atom stereocenters. The zero-order valence-electron chi connectivity index (χ0n) is 5.39. The molecule has 0 saturated carbocycles. The third-order valence-electron chi connectivity index (χ3n) is 0.869. The minimum absolute atomic E-state index is 0. The van der Waals surface area contributed by atoms with Crippen LogP contribution >= 0.6 is 0 Å². The second-order valence-corrected chi connectivity index (χ2v) is 1.45. The first-order valence-corrected chi connectivity index (χ1v) is 2.16. The summed E-state index contributed by atoms with van der Waals surface area (Å²) in [4.78, 5) is 19.5. The van der Waals surface area contributed by atoms with Crippen LogP contribution in [-0.4, -0.2) is 12.6 Å². The van der Waals surface area contributed by atoms with E-state index in [0.717, 1.165) is 0 Å². The van der Waals surface area contributed by atoms with Crippen molar-refractivity contribution >= 4 is 12.6 Å². The van der Waals surface area contributed by atoms with Crippen LogP contribution in [0.4, 0.5) is 0 Å². The van der Waals surface area contributed by atoms with Crippen LogP contribution in [0.3, 0.4) is 0 Å². The van der Waals surface area contributed by atoms with Crippen LogP contribution in [0.1, 0.15) is 13.8 Å². The van der Waals surface area contributed by atoms with Crippen molar-refractivity contribution in [2.75, 3.05) is 0 Å². The van der Waals surface area contributed by atoms with Crippen molar-refractivity contribution in [1.29, 1.82) is 0 Å². The monoisotopic (exact) mass is 199 g/mol. The maximum absolute atomic E-state index is 9.74. The molecular formula is C6H6O2Y-2. The van der Waals surface area contributed by atoms with Crippen LogP contribution in [0.5, 0.6) is 0 Å². The smallest absolute Gasteiger partial charge is 0 e. The first-order chi connectivity index (χ1) is 3.72. The Morgan fingerprint density at radius 1 is 1.00 bits per heavy atom. The molecule has 0 aromatic rings. The van der Waals surface area contributed by atoms with Gasteiger partial charge in [-0.05, 0) is 0 Å². The summed E-state index contributed by atoms with van der Waals surface area (Å²) in [5, 5.41) is 0. The van der Waals surface area contributed by atoms with Gasteiger partial charge >= 0.3 is 0 Å². The Hall–Kier alpha value is 0.184. The van der Waals surface area contributed by atoms with Crippen molar-refractivity contribution < 1.29 is 42.3 Å². The molecule has 0 fully saturated rings. The summed E-state index contributed by atoms with van der Waals surface area (Å²) in [6.45, 7) is 3.04. The Kier molecular flexibility index (Phi) is 8.35. The topological polar surface area (TPSA) is 34.1 Å². The maximum Gasteiger partial charge on any atom is 0 e. The van der Waals surface area contributed by atoms with Crippen molar-refractivity contribution in [3.63, 3.8) is 0 Å². The minimum Gasteiger partial charge on any atom is -0.440 e. The number of hydrogen-bond acceptors (Lipinski definition) is 2. The Morgan fingerprint density at radius 3 is 1.33 bits per heavy atom. The average molecular weight is 199 g/mol. The quantitative estimate of drug-likeness (QED) is 0.480. The van der Waals surface area contributed by atoms with Gasteiger partial charge in [0.1, 0.15) is 0 Å². The molecule has 0 bridgehead atoms. The van der Waals surface area contributed by atoms with Crippen LogP contribution in [-0.2, 0) is 42.3 Å². The molecule has 0 aromatic carbocycles. The van der Waals surface area contributed by atoms with Gasteiger partial charge in [-0.1, -0.05) is 0 Å². The van der Waals surface area contributed by atoms with Gasteiger partial charge in [-0.2, -0.15) is 0 Å². The zero-order chi connectivity index (χ0) is 6.57. The second kappa shape index (κ2) is 6.31. The van der Waals surface area contributed by atoms with E-state index in [9.17, 15) is 9.59 Å². The molecule has 0 atom stereocenters. The molecule has 0 aliphatic rings. The van der Waals surface area contributed by atoms with E-state index >= 15 is 0 Å². The van der Waals surface area contributed by atoms with Crippen molar-refractivity contribution in [3.8, 4) is 0 Å². The molecule has 9 heavy (non-hydrogen) atoms. The normalized spacial score (nSPS) is 10.9. The molecule has 0 amide bonds. The molecule has 0 heterocycles. The maximum atomic E-state index is 9.74. The van der Waals surface area contributed by atoms with Crippen molar-refractivity contribution in [2.45, 2.75) is 13.8 Å². The van der Waals surface area contributed by atoms with Crippen molar-refractivity contribution in [1.82, 2.24) is 0 Å². The molecule has 0 saturated heterocycles.